The largest absolute Gasteiger partial charge is 0.468 e. The number of H-pyrrole nitrogens is 1. The minimum atomic E-state index is -0.424. The van der Waals surface area contributed by atoms with E-state index in [0.717, 1.165) is 10.7 Å². The molecule has 22 heavy (non-hydrogen) atoms. The smallest absolute Gasteiger partial charge is 0.339 e. The molecule has 0 saturated carbocycles. The number of nitrogens with zero attached hydrogens (tertiary/aromatic N) is 3. The molecule has 112 valence electrons. The third kappa shape index (κ3) is 3.53. The van der Waals surface area contributed by atoms with E-state index in [1.807, 2.05) is 24.3 Å². The lowest BCUT2D eigenvalue weighted by Gasteiger charge is -2.07. The van der Waals surface area contributed by atoms with Gasteiger partial charge in [-0.25, -0.2) is 4.79 Å². The van der Waals surface area contributed by atoms with Crippen molar-refractivity contribution in [2.45, 2.75) is 17.3 Å². The lowest BCUT2D eigenvalue weighted by molar-refractivity contribution is 0.0458. The number of esters is 1. The number of thioether (sulfide) groups is 1. The summed E-state index contributed by atoms with van der Waals surface area (Å²) < 4.78 is 10.5. The second kappa shape index (κ2) is 6.90. The number of carbonyl (C=O) groups excluding carboxylic acids is 1. The molecule has 2 aromatic heterocycles. The minimum absolute atomic E-state index is 0.0213. The number of tetrazole rings is 1. The molecule has 2 heterocycles. The first kappa shape index (κ1) is 14.3. The van der Waals surface area contributed by atoms with Crippen molar-refractivity contribution in [2.24, 2.45) is 0 Å². The number of hydrogen-bond donors (Lipinski definition) is 1. The summed E-state index contributed by atoms with van der Waals surface area (Å²) in [5, 5.41) is 13.2. The van der Waals surface area contributed by atoms with Gasteiger partial charge in [-0.15, -0.1) is 22.0 Å². The molecule has 3 rings (SSSR count). The monoisotopic (exact) mass is 316 g/mol. The van der Waals surface area contributed by atoms with E-state index in [9.17, 15) is 4.79 Å². The summed E-state index contributed by atoms with van der Waals surface area (Å²) in [4.78, 5) is 13.0. The Balaban J connectivity index is 1.65. The lowest BCUT2D eigenvalue weighted by Crippen LogP contribution is -2.07. The van der Waals surface area contributed by atoms with Crippen molar-refractivity contribution in [3.8, 4) is 0 Å². The summed E-state index contributed by atoms with van der Waals surface area (Å²) in [6.45, 7) is -0.0213. The van der Waals surface area contributed by atoms with Gasteiger partial charge in [0.15, 0.2) is 6.61 Å². The van der Waals surface area contributed by atoms with Gasteiger partial charge in [0.1, 0.15) is 5.76 Å². The summed E-state index contributed by atoms with van der Waals surface area (Å²) in [5.41, 5.74) is 0.502. The van der Waals surface area contributed by atoms with Crippen LogP contribution in [-0.2, 0) is 17.1 Å². The standard InChI is InChI=1S/C14H12N4O3S/c19-14(21-8-13-15-17-18-16-13)11-5-1-2-6-12(11)22-9-10-4-3-7-20-10/h1-7H,8-9H2,(H,15,16,17,18). The van der Waals surface area contributed by atoms with Gasteiger partial charge < -0.3 is 9.15 Å². The van der Waals surface area contributed by atoms with E-state index in [0.29, 0.717) is 17.1 Å². The fraction of sp³-hybridized carbons (Fsp3) is 0.143. The number of rotatable bonds is 6. The van der Waals surface area contributed by atoms with Gasteiger partial charge in [-0.05, 0) is 24.3 Å². The van der Waals surface area contributed by atoms with Gasteiger partial charge >= 0.3 is 5.97 Å². The van der Waals surface area contributed by atoms with Gasteiger partial charge in [-0.1, -0.05) is 17.3 Å². The van der Waals surface area contributed by atoms with E-state index in [2.05, 4.69) is 20.6 Å². The molecule has 1 aromatic carbocycles. The van der Waals surface area contributed by atoms with Gasteiger partial charge in [0, 0.05) is 4.90 Å². The van der Waals surface area contributed by atoms with E-state index >= 15 is 0 Å². The number of carbonyl (C=O) groups is 1. The maximum absolute atomic E-state index is 12.2. The van der Waals surface area contributed by atoms with Crippen LogP contribution in [0.5, 0.6) is 0 Å². The van der Waals surface area contributed by atoms with Crippen LogP contribution in [0.15, 0.2) is 52.0 Å². The summed E-state index contributed by atoms with van der Waals surface area (Å²) >= 11 is 1.51. The third-order valence-electron chi connectivity index (χ3n) is 2.78. The van der Waals surface area contributed by atoms with Crippen molar-refractivity contribution < 1.29 is 13.9 Å². The molecule has 7 nitrogen and oxygen atoms in total. The topological polar surface area (TPSA) is 93.9 Å². The van der Waals surface area contributed by atoms with E-state index in [-0.39, 0.29) is 6.61 Å². The van der Waals surface area contributed by atoms with Crippen LogP contribution in [0.4, 0.5) is 0 Å². The Morgan fingerprint density at radius 2 is 2.18 bits per heavy atom. The number of hydrogen-bond acceptors (Lipinski definition) is 7. The van der Waals surface area contributed by atoms with E-state index < -0.39 is 5.97 Å². The molecule has 3 aromatic rings. The zero-order valence-electron chi connectivity index (χ0n) is 11.4. The van der Waals surface area contributed by atoms with Crippen molar-refractivity contribution >= 4 is 17.7 Å². The van der Waals surface area contributed by atoms with Crippen LogP contribution in [0.1, 0.15) is 21.9 Å². The van der Waals surface area contributed by atoms with Gasteiger partial charge in [0.25, 0.3) is 0 Å². The highest BCUT2D eigenvalue weighted by Crippen LogP contribution is 2.27. The zero-order valence-corrected chi connectivity index (χ0v) is 12.2. The molecule has 0 bridgehead atoms. The third-order valence-corrected chi connectivity index (χ3v) is 3.87. The Labute approximate surface area is 130 Å². The number of aromatic nitrogens is 4. The van der Waals surface area contributed by atoms with Crippen molar-refractivity contribution in [1.29, 1.82) is 0 Å². The average Bonchev–Trinajstić information content (AvgIpc) is 3.24. The molecule has 0 aliphatic carbocycles. The first-order valence-corrected chi connectivity index (χ1v) is 7.45. The maximum atomic E-state index is 12.2. The highest BCUT2D eigenvalue weighted by Gasteiger charge is 2.14. The molecular formula is C14H12N4O3S. The highest BCUT2D eigenvalue weighted by molar-refractivity contribution is 7.98. The molecule has 0 fully saturated rings. The average molecular weight is 316 g/mol. The SMILES string of the molecule is O=C(OCc1nn[nH]n1)c1ccccc1SCc1ccco1. The Bertz CT molecular complexity index is 728. The Morgan fingerprint density at radius 3 is 2.95 bits per heavy atom. The molecular weight excluding hydrogens is 304 g/mol. The Morgan fingerprint density at radius 1 is 1.27 bits per heavy atom. The number of furan rings is 1. The molecule has 0 radical (unpaired) electrons. The summed E-state index contributed by atoms with van der Waals surface area (Å²) in [5.74, 6) is 1.39. The Hall–Kier alpha value is -2.61. The zero-order chi connectivity index (χ0) is 15.2. The van der Waals surface area contributed by atoms with Crippen LogP contribution < -0.4 is 0 Å². The number of aromatic amines is 1. The first-order chi connectivity index (χ1) is 10.8. The van der Waals surface area contributed by atoms with Crippen LogP contribution in [0.3, 0.4) is 0 Å². The van der Waals surface area contributed by atoms with Crippen LogP contribution in [0.25, 0.3) is 0 Å². The highest BCUT2D eigenvalue weighted by atomic mass is 32.2. The molecule has 0 aliphatic rings. The first-order valence-electron chi connectivity index (χ1n) is 6.46. The molecule has 0 saturated heterocycles. The van der Waals surface area contributed by atoms with Gasteiger partial charge in [-0.2, -0.15) is 5.21 Å². The predicted octanol–water partition coefficient (Wildman–Crippen LogP) is 2.44. The number of ether oxygens (including phenoxy) is 1. The normalized spacial score (nSPS) is 10.5. The molecule has 0 spiro atoms. The van der Waals surface area contributed by atoms with Crippen LogP contribution in [-0.4, -0.2) is 26.6 Å². The van der Waals surface area contributed by atoms with Crippen LogP contribution in [0, 0.1) is 0 Å². The summed E-state index contributed by atoms with van der Waals surface area (Å²) in [6, 6.07) is 11.0. The quantitative estimate of drug-likeness (QED) is 0.551. The molecule has 8 heteroatoms. The second-order valence-electron chi connectivity index (χ2n) is 4.27. The van der Waals surface area contributed by atoms with E-state index in [1.165, 1.54) is 11.8 Å². The van der Waals surface area contributed by atoms with Crippen LogP contribution >= 0.6 is 11.8 Å². The van der Waals surface area contributed by atoms with Crippen molar-refractivity contribution in [3.05, 3.63) is 59.8 Å². The van der Waals surface area contributed by atoms with Crippen molar-refractivity contribution in [3.63, 3.8) is 0 Å². The van der Waals surface area contributed by atoms with Crippen molar-refractivity contribution in [1.82, 2.24) is 20.6 Å². The molecule has 0 atom stereocenters. The Kier molecular flexibility index (Phi) is 4.50. The molecule has 0 amide bonds. The minimum Gasteiger partial charge on any atom is -0.468 e. The predicted molar refractivity (Wildman–Crippen MR) is 78.0 cm³/mol. The number of nitrogens with one attached hydrogen (secondary N) is 1. The molecule has 0 aliphatic heterocycles. The van der Waals surface area contributed by atoms with Gasteiger partial charge in [0.2, 0.25) is 5.82 Å². The van der Waals surface area contributed by atoms with Gasteiger partial charge in [0.05, 0.1) is 17.6 Å². The maximum Gasteiger partial charge on any atom is 0.339 e. The number of benzene rings is 1. The molecule has 1 N–H and O–H groups in total. The molecule has 0 unspecified atom stereocenters. The van der Waals surface area contributed by atoms with E-state index in [4.69, 9.17) is 9.15 Å². The second-order valence-corrected chi connectivity index (χ2v) is 5.29. The van der Waals surface area contributed by atoms with Crippen LogP contribution in [0.2, 0.25) is 0 Å². The lowest BCUT2D eigenvalue weighted by atomic mass is 10.2. The fourth-order valence-corrected chi connectivity index (χ4v) is 2.70. The fourth-order valence-electron chi connectivity index (χ4n) is 1.76. The summed E-state index contributed by atoms with van der Waals surface area (Å²) in [6.07, 6.45) is 1.63. The summed E-state index contributed by atoms with van der Waals surface area (Å²) in [7, 11) is 0. The van der Waals surface area contributed by atoms with E-state index in [1.54, 1.807) is 18.4 Å². The van der Waals surface area contributed by atoms with Crippen molar-refractivity contribution in [2.75, 3.05) is 0 Å². The van der Waals surface area contributed by atoms with Gasteiger partial charge in [-0.3, -0.25) is 0 Å².